The highest BCUT2D eigenvalue weighted by Crippen LogP contribution is 2.34. The lowest BCUT2D eigenvalue weighted by Crippen LogP contribution is -2.47. The fourth-order valence-corrected chi connectivity index (χ4v) is 6.98. The minimum atomic E-state index is -3.98. The third kappa shape index (κ3) is 4.49. The van der Waals surface area contributed by atoms with E-state index in [1.807, 2.05) is 26.0 Å². The molecular formula is C25H24FN3O4S2. The van der Waals surface area contributed by atoms with E-state index in [2.05, 4.69) is 0 Å². The number of amides is 1. The van der Waals surface area contributed by atoms with E-state index in [0.29, 0.717) is 23.7 Å². The highest BCUT2D eigenvalue weighted by molar-refractivity contribution is 7.89. The standard InChI is InChI=1S/C25H24FN3O4S2/c1-16-13-21-23(14-17(16)2)34-25(27-21)28(15-19-5-4-12-33-19)24(30)22-6-3-11-29(22)35(31,32)20-9-7-18(26)8-10-20/h4-5,7-10,12-14,22H,3,6,11,15H2,1-2H3. The van der Waals surface area contributed by atoms with E-state index >= 15 is 0 Å². The number of benzene rings is 2. The van der Waals surface area contributed by atoms with E-state index in [0.717, 1.165) is 33.5 Å². The van der Waals surface area contributed by atoms with Gasteiger partial charge in [-0.25, -0.2) is 17.8 Å². The summed E-state index contributed by atoms with van der Waals surface area (Å²) in [6.45, 7) is 4.38. The minimum Gasteiger partial charge on any atom is -0.467 e. The normalized spacial score (nSPS) is 16.7. The number of aromatic nitrogens is 1. The van der Waals surface area contributed by atoms with Gasteiger partial charge in [-0.2, -0.15) is 4.31 Å². The Morgan fingerprint density at radius 1 is 1.20 bits per heavy atom. The number of carbonyl (C=O) groups excluding carboxylic acids is 1. The maximum atomic E-state index is 13.9. The number of anilines is 1. The zero-order valence-corrected chi connectivity index (χ0v) is 20.9. The van der Waals surface area contributed by atoms with Crippen molar-refractivity contribution in [1.29, 1.82) is 0 Å². The number of halogens is 1. The van der Waals surface area contributed by atoms with Crippen molar-refractivity contribution in [2.45, 2.75) is 44.2 Å². The monoisotopic (exact) mass is 513 g/mol. The maximum Gasteiger partial charge on any atom is 0.247 e. The van der Waals surface area contributed by atoms with Crippen molar-refractivity contribution in [3.05, 3.63) is 77.5 Å². The molecule has 0 bridgehead atoms. The molecule has 1 amide bonds. The summed E-state index contributed by atoms with van der Waals surface area (Å²) in [7, 11) is -3.98. The second-order valence-corrected chi connectivity index (χ2v) is 11.5. The van der Waals surface area contributed by atoms with Crippen LogP contribution in [0.15, 0.2) is 64.1 Å². The zero-order valence-electron chi connectivity index (χ0n) is 19.3. The second kappa shape index (κ2) is 9.18. The molecule has 1 saturated heterocycles. The molecule has 7 nitrogen and oxygen atoms in total. The lowest BCUT2D eigenvalue weighted by Gasteiger charge is -2.28. The van der Waals surface area contributed by atoms with Crippen LogP contribution in [0.25, 0.3) is 10.2 Å². The van der Waals surface area contributed by atoms with Gasteiger partial charge in [-0.05, 0) is 86.3 Å². The Morgan fingerprint density at radius 2 is 1.94 bits per heavy atom. The Kier molecular flexibility index (Phi) is 6.20. The van der Waals surface area contributed by atoms with Crippen LogP contribution in [0.1, 0.15) is 29.7 Å². The molecule has 3 heterocycles. The number of hydrogen-bond acceptors (Lipinski definition) is 6. The highest BCUT2D eigenvalue weighted by atomic mass is 32.2. The summed E-state index contributed by atoms with van der Waals surface area (Å²) < 4.78 is 47.8. The average Bonchev–Trinajstić information content (AvgIpc) is 3.58. The number of rotatable bonds is 6. The number of sulfonamides is 1. The van der Waals surface area contributed by atoms with Crippen molar-refractivity contribution < 1.29 is 22.0 Å². The number of thiazole rings is 1. The first-order valence-corrected chi connectivity index (χ1v) is 13.5. The first-order chi connectivity index (χ1) is 16.7. The van der Waals surface area contributed by atoms with Gasteiger partial charge in [0.1, 0.15) is 17.6 Å². The predicted octanol–water partition coefficient (Wildman–Crippen LogP) is 5.03. The molecule has 1 atom stereocenters. The van der Waals surface area contributed by atoms with Crippen LogP contribution in [0.2, 0.25) is 0 Å². The van der Waals surface area contributed by atoms with Gasteiger partial charge in [-0.15, -0.1) is 0 Å². The summed E-state index contributed by atoms with van der Waals surface area (Å²) in [5.74, 6) is -0.322. The summed E-state index contributed by atoms with van der Waals surface area (Å²) in [6.07, 6.45) is 2.46. The molecule has 0 N–H and O–H groups in total. The molecule has 2 aromatic carbocycles. The Bertz CT molecular complexity index is 1440. The van der Waals surface area contributed by atoms with Gasteiger partial charge in [0.15, 0.2) is 5.13 Å². The van der Waals surface area contributed by atoms with E-state index in [-0.39, 0.29) is 23.9 Å². The van der Waals surface area contributed by atoms with Gasteiger partial charge >= 0.3 is 0 Å². The van der Waals surface area contributed by atoms with Crippen LogP contribution >= 0.6 is 11.3 Å². The second-order valence-electron chi connectivity index (χ2n) is 8.63. The van der Waals surface area contributed by atoms with Gasteiger partial charge in [0.25, 0.3) is 0 Å². The number of hydrogen-bond donors (Lipinski definition) is 0. The Hall–Kier alpha value is -3.08. The van der Waals surface area contributed by atoms with E-state index < -0.39 is 21.9 Å². The molecule has 2 aromatic heterocycles. The van der Waals surface area contributed by atoms with Crippen molar-refractivity contribution in [3.8, 4) is 0 Å². The molecule has 1 aliphatic heterocycles. The molecule has 0 spiro atoms. The zero-order chi connectivity index (χ0) is 24.7. The molecule has 5 rings (SSSR count). The van der Waals surface area contributed by atoms with Crippen LogP contribution < -0.4 is 4.90 Å². The van der Waals surface area contributed by atoms with Crippen molar-refractivity contribution in [2.24, 2.45) is 0 Å². The molecule has 35 heavy (non-hydrogen) atoms. The van der Waals surface area contributed by atoms with E-state index in [1.54, 1.807) is 12.1 Å². The van der Waals surface area contributed by atoms with Crippen LogP contribution in [0.5, 0.6) is 0 Å². The topological polar surface area (TPSA) is 83.7 Å². The van der Waals surface area contributed by atoms with Gasteiger partial charge < -0.3 is 4.42 Å². The number of nitrogens with zero attached hydrogens (tertiary/aromatic N) is 3. The Balaban J connectivity index is 1.52. The largest absolute Gasteiger partial charge is 0.467 e. The maximum absolute atomic E-state index is 13.9. The van der Waals surface area contributed by atoms with Crippen LogP contribution in [-0.2, 0) is 21.4 Å². The first-order valence-electron chi connectivity index (χ1n) is 11.2. The molecule has 4 aromatic rings. The molecule has 0 aliphatic carbocycles. The Morgan fingerprint density at radius 3 is 2.66 bits per heavy atom. The van der Waals surface area contributed by atoms with Gasteiger partial charge in [-0.3, -0.25) is 9.69 Å². The lowest BCUT2D eigenvalue weighted by atomic mass is 10.1. The molecule has 1 aliphatic rings. The molecule has 10 heteroatoms. The van der Waals surface area contributed by atoms with E-state index in [4.69, 9.17) is 9.40 Å². The highest BCUT2D eigenvalue weighted by Gasteiger charge is 2.42. The summed E-state index contributed by atoms with van der Waals surface area (Å²) in [4.78, 5) is 20.1. The van der Waals surface area contributed by atoms with Gasteiger partial charge in [-0.1, -0.05) is 11.3 Å². The summed E-state index contributed by atoms with van der Waals surface area (Å²) in [5.41, 5.74) is 3.02. The summed E-state index contributed by atoms with van der Waals surface area (Å²) in [6, 6.07) is 11.3. The smallest absolute Gasteiger partial charge is 0.247 e. The fourth-order valence-electron chi connectivity index (χ4n) is 4.28. The van der Waals surface area contributed by atoms with Crippen molar-refractivity contribution in [3.63, 3.8) is 0 Å². The number of carbonyl (C=O) groups is 1. The molecule has 182 valence electrons. The summed E-state index contributed by atoms with van der Waals surface area (Å²) >= 11 is 1.39. The molecule has 1 fully saturated rings. The quantitative estimate of drug-likeness (QED) is 0.361. The van der Waals surface area contributed by atoms with Crippen LogP contribution in [0.4, 0.5) is 9.52 Å². The average molecular weight is 514 g/mol. The van der Waals surface area contributed by atoms with Crippen molar-refractivity contribution in [1.82, 2.24) is 9.29 Å². The lowest BCUT2D eigenvalue weighted by molar-refractivity contribution is -0.121. The summed E-state index contributed by atoms with van der Waals surface area (Å²) in [5, 5.41) is 0.484. The Labute approximate surface area is 206 Å². The molecule has 0 saturated carbocycles. The van der Waals surface area contributed by atoms with Crippen molar-refractivity contribution in [2.75, 3.05) is 11.4 Å². The van der Waals surface area contributed by atoms with Gasteiger partial charge in [0.2, 0.25) is 15.9 Å². The number of fused-ring (bicyclic) bond motifs is 1. The number of furan rings is 1. The number of aryl methyl sites for hydroxylation is 2. The van der Waals surface area contributed by atoms with E-state index in [9.17, 15) is 17.6 Å². The van der Waals surface area contributed by atoms with Crippen LogP contribution in [0.3, 0.4) is 0 Å². The minimum absolute atomic E-state index is 0.0397. The molecule has 0 radical (unpaired) electrons. The first kappa shape index (κ1) is 23.7. The SMILES string of the molecule is Cc1cc2nc(N(Cc3ccco3)C(=O)C3CCCN3S(=O)(=O)c3ccc(F)cc3)sc2cc1C. The third-order valence-corrected chi connectivity index (χ3v) is 9.26. The fraction of sp³-hybridized carbons (Fsp3) is 0.280. The third-order valence-electron chi connectivity index (χ3n) is 6.29. The predicted molar refractivity (Wildman–Crippen MR) is 132 cm³/mol. The van der Waals surface area contributed by atoms with Crippen LogP contribution in [-0.4, -0.2) is 36.2 Å². The van der Waals surface area contributed by atoms with Crippen LogP contribution in [0, 0.1) is 19.7 Å². The van der Waals surface area contributed by atoms with Gasteiger partial charge in [0.05, 0.1) is 27.9 Å². The van der Waals surface area contributed by atoms with E-state index in [1.165, 1.54) is 38.9 Å². The molecule has 1 unspecified atom stereocenters. The molecular weight excluding hydrogens is 489 g/mol. The van der Waals surface area contributed by atoms with Crippen molar-refractivity contribution >= 4 is 42.6 Å². The van der Waals surface area contributed by atoms with Gasteiger partial charge in [0, 0.05) is 6.54 Å².